The molecule has 0 atom stereocenters. The van der Waals surface area contributed by atoms with E-state index in [9.17, 15) is 18.0 Å². The van der Waals surface area contributed by atoms with Gasteiger partial charge in [0.25, 0.3) is 5.91 Å². The van der Waals surface area contributed by atoms with Crippen molar-refractivity contribution in [3.8, 4) is 5.88 Å². The topological polar surface area (TPSA) is 51.2 Å². The molecule has 0 saturated heterocycles. The molecule has 26 heavy (non-hydrogen) atoms. The van der Waals surface area contributed by atoms with Gasteiger partial charge in [0.05, 0.1) is 11.1 Å². The molecule has 1 aromatic heterocycles. The molecule has 138 valence electrons. The summed E-state index contributed by atoms with van der Waals surface area (Å²) in [5.74, 6) is -0.364. The Hall–Kier alpha value is -2.57. The molecule has 1 N–H and O–H groups in total. The van der Waals surface area contributed by atoms with E-state index < -0.39 is 23.2 Å². The number of halogens is 3. The van der Waals surface area contributed by atoms with E-state index >= 15 is 0 Å². The van der Waals surface area contributed by atoms with Crippen molar-refractivity contribution in [3.63, 3.8) is 0 Å². The lowest BCUT2D eigenvalue weighted by Crippen LogP contribution is -2.26. The van der Waals surface area contributed by atoms with Crippen LogP contribution < -0.4 is 10.1 Å². The lowest BCUT2D eigenvalue weighted by Gasteiger charge is -2.16. The van der Waals surface area contributed by atoms with E-state index in [-0.39, 0.29) is 12.6 Å². The SMILES string of the molecule is O=C(NCc1cccnc1OC1CCCC1)c1ccccc1C(F)(F)F. The maximum absolute atomic E-state index is 13.1. The molecule has 0 bridgehead atoms. The number of carbonyl (C=O) groups is 1. The quantitative estimate of drug-likeness (QED) is 0.858. The number of rotatable bonds is 5. The van der Waals surface area contributed by atoms with Gasteiger partial charge in [-0.25, -0.2) is 4.98 Å². The Bertz CT molecular complexity index is 771. The number of alkyl halides is 3. The van der Waals surface area contributed by atoms with Crippen LogP contribution in [0.4, 0.5) is 13.2 Å². The number of amides is 1. The molecule has 1 aromatic carbocycles. The first kappa shape index (κ1) is 18.2. The number of hydrogen-bond acceptors (Lipinski definition) is 3. The van der Waals surface area contributed by atoms with E-state index in [1.165, 1.54) is 12.1 Å². The summed E-state index contributed by atoms with van der Waals surface area (Å²) in [7, 11) is 0. The van der Waals surface area contributed by atoms with Crippen molar-refractivity contribution in [2.24, 2.45) is 0 Å². The van der Waals surface area contributed by atoms with Crippen molar-refractivity contribution >= 4 is 5.91 Å². The van der Waals surface area contributed by atoms with Crippen LogP contribution in [0.2, 0.25) is 0 Å². The van der Waals surface area contributed by atoms with Gasteiger partial charge in [0.15, 0.2) is 0 Å². The van der Waals surface area contributed by atoms with Crippen LogP contribution in [-0.2, 0) is 12.7 Å². The molecule has 3 rings (SSSR count). The third-order valence-electron chi connectivity index (χ3n) is 4.35. The number of ether oxygens (including phenoxy) is 1. The summed E-state index contributed by atoms with van der Waals surface area (Å²) >= 11 is 0. The Labute approximate surface area is 149 Å². The summed E-state index contributed by atoms with van der Waals surface area (Å²) in [6, 6.07) is 8.17. The van der Waals surface area contributed by atoms with Gasteiger partial charge >= 0.3 is 6.18 Å². The van der Waals surface area contributed by atoms with Crippen molar-refractivity contribution in [2.45, 2.75) is 44.5 Å². The number of aromatic nitrogens is 1. The minimum atomic E-state index is -4.58. The summed E-state index contributed by atoms with van der Waals surface area (Å²) in [5.41, 5.74) is -0.717. The van der Waals surface area contributed by atoms with Gasteiger partial charge in [-0.1, -0.05) is 18.2 Å². The van der Waals surface area contributed by atoms with Crippen molar-refractivity contribution in [1.82, 2.24) is 10.3 Å². The average molecular weight is 364 g/mol. The van der Waals surface area contributed by atoms with Crippen LogP contribution in [-0.4, -0.2) is 17.0 Å². The van der Waals surface area contributed by atoms with Crippen LogP contribution in [0.3, 0.4) is 0 Å². The second kappa shape index (κ2) is 7.76. The smallest absolute Gasteiger partial charge is 0.417 e. The van der Waals surface area contributed by atoms with E-state index in [1.807, 2.05) is 0 Å². The zero-order valence-electron chi connectivity index (χ0n) is 14.1. The maximum atomic E-state index is 13.1. The second-order valence-electron chi connectivity index (χ2n) is 6.22. The molecule has 1 heterocycles. The molecule has 0 spiro atoms. The highest BCUT2D eigenvalue weighted by Gasteiger charge is 2.34. The Morgan fingerprint density at radius 3 is 2.62 bits per heavy atom. The largest absolute Gasteiger partial charge is 0.474 e. The summed E-state index contributed by atoms with van der Waals surface area (Å²) in [4.78, 5) is 16.5. The molecule has 1 fully saturated rings. The molecule has 1 aliphatic rings. The standard InChI is InChI=1S/C19H19F3N2O2/c20-19(21,22)16-10-4-3-9-15(16)17(25)24-12-13-6-5-11-23-18(13)26-14-7-1-2-8-14/h3-6,9-11,14H,1-2,7-8,12H2,(H,24,25). The van der Waals surface area contributed by atoms with Crippen molar-refractivity contribution in [3.05, 3.63) is 59.3 Å². The first-order valence-corrected chi connectivity index (χ1v) is 8.50. The monoisotopic (exact) mass is 364 g/mol. The van der Waals surface area contributed by atoms with E-state index in [0.29, 0.717) is 11.4 Å². The maximum Gasteiger partial charge on any atom is 0.417 e. The minimum Gasteiger partial charge on any atom is -0.474 e. The van der Waals surface area contributed by atoms with Gasteiger partial charge in [-0.05, 0) is 43.9 Å². The normalized spacial score (nSPS) is 15.0. The van der Waals surface area contributed by atoms with Crippen molar-refractivity contribution in [1.29, 1.82) is 0 Å². The van der Waals surface area contributed by atoms with Gasteiger partial charge in [0, 0.05) is 18.3 Å². The van der Waals surface area contributed by atoms with Crippen LogP contribution in [0.25, 0.3) is 0 Å². The molecular formula is C19H19F3N2O2. The molecule has 0 radical (unpaired) electrons. The Morgan fingerprint density at radius 2 is 1.88 bits per heavy atom. The number of benzene rings is 1. The molecular weight excluding hydrogens is 345 g/mol. The summed E-state index contributed by atoms with van der Waals surface area (Å²) in [5, 5.41) is 2.53. The fourth-order valence-corrected chi connectivity index (χ4v) is 3.03. The fraction of sp³-hybridized carbons (Fsp3) is 0.368. The molecule has 1 saturated carbocycles. The van der Waals surface area contributed by atoms with Gasteiger partial charge < -0.3 is 10.1 Å². The Kier molecular flexibility index (Phi) is 5.44. The molecule has 0 aliphatic heterocycles. The van der Waals surface area contributed by atoms with E-state index in [1.54, 1.807) is 18.3 Å². The van der Waals surface area contributed by atoms with Crippen LogP contribution in [0.15, 0.2) is 42.6 Å². The van der Waals surface area contributed by atoms with Gasteiger partial charge in [-0.3, -0.25) is 4.79 Å². The Balaban J connectivity index is 1.71. The van der Waals surface area contributed by atoms with Crippen LogP contribution in [0, 0.1) is 0 Å². The molecule has 1 amide bonds. The predicted octanol–water partition coefficient (Wildman–Crippen LogP) is 4.35. The molecule has 1 aliphatic carbocycles. The highest BCUT2D eigenvalue weighted by Crippen LogP contribution is 2.32. The summed E-state index contributed by atoms with van der Waals surface area (Å²) < 4.78 is 45.0. The zero-order chi connectivity index (χ0) is 18.6. The fourth-order valence-electron chi connectivity index (χ4n) is 3.03. The van der Waals surface area contributed by atoms with Crippen molar-refractivity contribution in [2.75, 3.05) is 0 Å². The number of carbonyl (C=O) groups excluding carboxylic acids is 1. The van der Waals surface area contributed by atoms with Crippen LogP contribution in [0.5, 0.6) is 5.88 Å². The van der Waals surface area contributed by atoms with E-state index in [0.717, 1.165) is 37.8 Å². The second-order valence-corrected chi connectivity index (χ2v) is 6.22. The molecule has 2 aromatic rings. The van der Waals surface area contributed by atoms with E-state index in [2.05, 4.69) is 10.3 Å². The average Bonchev–Trinajstić information content (AvgIpc) is 3.13. The van der Waals surface area contributed by atoms with Gasteiger partial charge in [0.2, 0.25) is 5.88 Å². The van der Waals surface area contributed by atoms with Gasteiger partial charge in [-0.15, -0.1) is 0 Å². The molecule has 4 nitrogen and oxygen atoms in total. The number of pyridine rings is 1. The number of hydrogen-bond donors (Lipinski definition) is 1. The summed E-state index contributed by atoms with van der Waals surface area (Å²) in [6.07, 6.45) is 1.25. The highest BCUT2D eigenvalue weighted by atomic mass is 19.4. The number of nitrogens with zero attached hydrogens (tertiary/aromatic N) is 1. The van der Waals surface area contributed by atoms with Gasteiger partial charge in [0.1, 0.15) is 6.10 Å². The number of nitrogens with one attached hydrogen (secondary N) is 1. The highest BCUT2D eigenvalue weighted by molar-refractivity contribution is 5.95. The molecule has 7 heteroatoms. The Morgan fingerprint density at radius 1 is 1.15 bits per heavy atom. The third-order valence-corrected chi connectivity index (χ3v) is 4.35. The summed E-state index contributed by atoms with van der Waals surface area (Å²) in [6.45, 7) is 0.0426. The predicted molar refractivity (Wildman–Crippen MR) is 89.7 cm³/mol. The van der Waals surface area contributed by atoms with E-state index in [4.69, 9.17) is 4.74 Å². The third kappa shape index (κ3) is 4.33. The first-order chi connectivity index (χ1) is 12.4. The lowest BCUT2D eigenvalue weighted by atomic mass is 10.1. The zero-order valence-corrected chi connectivity index (χ0v) is 14.1. The minimum absolute atomic E-state index is 0.0426. The van der Waals surface area contributed by atoms with Gasteiger partial charge in [-0.2, -0.15) is 13.2 Å². The van der Waals surface area contributed by atoms with Crippen molar-refractivity contribution < 1.29 is 22.7 Å². The lowest BCUT2D eigenvalue weighted by molar-refractivity contribution is -0.137. The first-order valence-electron chi connectivity index (χ1n) is 8.50. The molecule has 0 unspecified atom stereocenters. The van der Waals surface area contributed by atoms with Crippen LogP contribution in [0.1, 0.15) is 47.2 Å². The van der Waals surface area contributed by atoms with Crippen LogP contribution >= 0.6 is 0 Å².